The Labute approximate surface area is 220 Å². The van der Waals surface area contributed by atoms with Gasteiger partial charge >= 0.3 is 5.97 Å². The summed E-state index contributed by atoms with van der Waals surface area (Å²) in [5.74, 6) is 0.584. The lowest BCUT2D eigenvalue weighted by Crippen LogP contribution is -2.07. The van der Waals surface area contributed by atoms with E-state index in [0.29, 0.717) is 39.9 Å². The number of carbonyl (C=O) groups excluding carboxylic acids is 2. The molecule has 0 radical (unpaired) electrons. The Bertz CT molecular complexity index is 1350. The predicted molar refractivity (Wildman–Crippen MR) is 143 cm³/mol. The number of nitrogens with one attached hydrogen (secondary N) is 1. The summed E-state index contributed by atoms with van der Waals surface area (Å²) in [6.45, 7) is 1.76. The second-order valence-corrected chi connectivity index (χ2v) is 9.15. The summed E-state index contributed by atoms with van der Waals surface area (Å²) in [4.78, 5) is 28.0. The summed E-state index contributed by atoms with van der Waals surface area (Å²) in [7, 11) is 1.55. The highest BCUT2D eigenvalue weighted by Gasteiger charge is 2.24. The van der Waals surface area contributed by atoms with E-state index < -0.39 is 5.97 Å². The maximum atomic E-state index is 12.4. The molecule has 1 N–H and O–H groups in total. The molecule has 3 aromatic rings. The zero-order chi connectivity index (χ0) is 24.9. The molecule has 7 nitrogen and oxygen atoms in total. The van der Waals surface area contributed by atoms with E-state index in [1.807, 2.05) is 24.3 Å². The van der Waals surface area contributed by atoms with Gasteiger partial charge < -0.3 is 19.5 Å². The number of hydrogen-bond donors (Lipinski definition) is 1. The molecule has 9 heteroatoms. The molecule has 0 aromatic heterocycles. The monoisotopic (exact) mass is 602 g/mol. The van der Waals surface area contributed by atoms with Gasteiger partial charge in [-0.1, -0.05) is 23.7 Å². The highest BCUT2D eigenvalue weighted by molar-refractivity contribution is 14.1. The van der Waals surface area contributed by atoms with Crippen LogP contribution in [0.1, 0.15) is 23.6 Å². The third kappa shape index (κ3) is 6.20. The Morgan fingerprint density at radius 1 is 1.17 bits per heavy atom. The highest BCUT2D eigenvalue weighted by Crippen LogP contribution is 2.35. The first-order chi connectivity index (χ1) is 16.8. The van der Waals surface area contributed by atoms with Crippen LogP contribution in [0.5, 0.6) is 11.5 Å². The van der Waals surface area contributed by atoms with Crippen molar-refractivity contribution < 1.29 is 23.8 Å². The molecule has 178 valence electrons. The van der Waals surface area contributed by atoms with Crippen LogP contribution in [-0.2, 0) is 20.9 Å². The summed E-state index contributed by atoms with van der Waals surface area (Å²) in [5, 5.41) is 3.33. The fraction of sp³-hybridized carbons (Fsp3) is 0.115. The fourth-order valence-electron chi connectivity index (χ4n) is 3.34. The minimum Gasteiger partial charge on any atom is -0.493 e. The van der Waals surface area contributed by atoms with Crippen molar-refractivity contribution in [1.82, 2.24) is 0 Å². The lowest BCUT2D eigenvalue weighted by molar-refractivity contribution is -0.129. The summed E-state index contributed by atoms with van der Waals surface area (Å²) < 4.78 is 17.7. The van der Waals surface area contributed by atoms with Crippen LogP contribution in [0.3, 0.4) is 0 Å². The van der Waals surface area contributed by atoms with Crippen LogP contribution in [0.4, 0.5) is 5.69 Å². The number of rotatable bonds is 7. The van der Waals surface area contributed by atoms with E-state index in [1.54, 1.807) is 49.6 Å². The van der Waals surface area contributed by atoms with Gasteiger partial charge in [0.15, 0.2) is 17.2 Å². The Morgan fingerprint density at radius 2 is 1.94 bits per heavy atom. The Morgan fingerprint density at radius 3 is 2.63 bits per heavy atom. The molecule has 1 heterocycles. The quantitative estimate of drug-likeness (QED) is 0.209. The molecular formula is C26H20ClIN2O5. The van der Waals surface area contributed by atoms with Gasteiger partial charge in [-0.05, 0) is 88.3 Å². The van der Waals surface area contributed by atoms with E-state index in [2.05, 4.69) is 32.9 Å². The van der Waals surface area contributed by atoms with Crippen LogP contribution in [0.2, 0.25) is 5.02 Å². The molecule has 1 aliphatic heterocycles. The van der Waals surface area contributed by atoms with Crippen LogP contribution in [0.15, 0.2) is 71.4 Å². The zero-order valence-corrected chi connectivity index (χ0v) is 21.7. The molecule has 1 amide bonds. The van der Waals surface area contributed by atoms with Gasteiger partial charge in [0.1, 0.15) is 6.61 Å². The van der Waals surface area contributed by atoms with Crippen molar-refractivity contribution in [2.75, 3.05) is 12.4 Å². The van der Waals surface area contributed by atoms with Gasteiger partial charge in [-0.15, -0.1) is 0 Å². The van der Waals surface area contributed by atoms with Crippen molar-refractivity contribution in [3.63, 3.8) is 0 Å². The molecular weight excluding hydrogens is 583 g/mol. The van der Waals surface area contributed by atoms with Crippen molar-refractivity contribution in [1.29, 1.82) is 0 Å². The number of hydrogen-bond acceptors (Lipinski definition) is 6. The normalized spacial score (nSPS) is 13.9. The van der Waals surface area contributed by atoms with Crippen molar-refractivity contribution in [2.45, 2.75) is 13.5 Å². The SMILES string of the molecule is COc1cc(/C=C2\N=C(c3ccc(NC(C)=O)cc3)OC2=O)cc(I)c1OCc1cccc(Cl)c1. The Hall–Kier alpha value is -3.37. The van der Waals surface area contributed by atoms with Crippen LogP contribution < -0.4 is 14.8 Å². The molecule has 0 fully saturated rings. The highest BCUT2D eigenvalue weighted by atomic mass is 127. The molecule has 0 unspecified atom stereocenters. The summed E-state index contributed by atoms with van der Waals surface area (Å²) in [5.41, 5.74) is 3.06. The van der Waals surface area contributed by atoms with Crippen molar-refractivity contribution in [3.8, 4) is 11.5 Å². The van der Waals surface area contributed by atoms with E-state index in [-0.39, 0.29) is 17.5 Å². The number of methoxy groups -OCH3 is 1. The molecule has 0 atom stereocenters. The van der Waals surface area contributed by atoms with Gasteiger partial charge in [0.25, 0.3) is 0 Å². The van der Waals surface area contributed by atoms with Crippen molar-refractivity contribution in [3.05, 3.63) is 91.6 Å². The lowest BCUT2D eigenvalue weighted by Gasteiger charge is -2.14. The minimum atomic E-state index is -0.554. The fourth-order valence-corrected chi connectivity index (χ4v) is 4.33. The van der Waals surface area contributed by atoms with Crippen LogP contribution >= 0.6 is 34.2 Å². The summed E-state index contributed by atoms with van der Waals surface area (Å²) in [6, 6.07) is 17.9. The lowest BCUT2D eigenvalue weighted by atomic mass is 10.1. The molecule has 0 spiro atoms. The van der Waals surface area contributed by atoms with E-state index in [4.69, 9.17) is 25.8 Å². The molecule has 1 aliphatic rings. The molecule has 0 aliphatic carbocycles. The smallest absolute Gasteiger partial charge is 0.363 e. The van der Waals surface area contributed by atoms with Gasteiger partial charge in [0, 0.05) is 23.2 Å². The number of cyclic esters (lactones) is 1. The molecule has 0 bridgehead atoms. The number of esters is 1. The zero-order valence-electron chi connectivity index (χ0n) is 18.8. The van der Waals surface area contributed by atoms with Gasteiger partial charge in [-0.3, -0.25) is 4.79 Å². The third-order valence-electron chi connectivity index (χ3n) is 4.90. The maximum absolute atomic E-state index is 12.4. The van der Waals surface area contributed by atoms with Crippen molar-refractivity contribution >= 4 is 63.7 Å². The average molecular weight is 603 g/mol. The number of nitrogens with zero attached hydrogens (tertiary/aromatic N) is 1. The number of amides is 1. The summed E-state index contributed by atoms with van der Waals surface area (Å²) >= 11 is 8.21. The maximum Gasteiger partial charge on any atom is 0.363 e. The number of anilines is 1. The van der Waals surface area contributed by atoms with Crippen LogP contribution in [-0.4, -0.2) is 24.9 Å². The minimum absolute atomic E-state index is 0.163. The van der Waals surface area contributed by atoms with Crippen molar-refractivity contribution in [2.24, 2.45) is 4.99 Å². The summed E-state index contributed by atoms with van der Waals surface area (Å²) in [6.07, 6.45) is 1.63. The standard InChI is InChI=1S/C26H20ClIN2O5/c1-15(31)29-20-8-6-18(7-9-20)25-30-22(26(32)35-25)12-17-11-21(28)24(23(13-17)33-2)34-14-16-4-3-5-19(27)10-16/h3-13H,14H2,1-2H3,(H,29,31)/b22-12-. The van der Waals surface area contributed by atoms with Gasteiger partial charge in [0.05, 0.1) is 10.7 Å². The topological polar surface area (TPSA) is 86.2 Å². The Kier molecular flexibility index (Phi) is 7.72. The second kappa shape index (κ2) is 10.9. The van der Waals surface area contributed by atoms with E-state index in [0.717, 1.165) is 9.13 Å². The molecule has 4 rings (SSSR count). The van der Waals surface area contributed by atoms with Gasteiger partial charge in [-0.2, -0.15) is 0 Å². The first-order valence-electron chi connectivity index (χ1n) is 10.5. The largest absolute Gasteiger partial charge is 0.493 e. The first kappa shape index (κ1) is 24.7. The first-order valence-corrected chi connectivity index (χ1v) is 11.9. The third-order valence-corrected chi connectivity index (χ3v) is 5.94. The molecule has 0 saturated heterocycles. The number of halogens is 2. The number of ether oxygens (including phenoxy) is 3. The Balaban J connectivity index is 1.55. The van der Waals surface area contributed by atoms with Gasteiger partial charge in [0.2, 0.25) is 11.8 Å². The van der Waals surface area contributed by atoms with E-state index >= 15 is 0 Å². The number of carbonyl (C=O) groups is 2. The number of benzene rings is 3. The molecule has 0 saturated carbocycles. The second-order valence-electron chi connectivity index (χ2n) is 7.55. The van der Waals surface area contributed by atoms with E-state index in [1.165, 1.54) is 6.92 Å². The predicted octanol–water partition coefficient (Wildman–Crippen LogP) is 5.84. The average Bonchev–Trinajstić information content (AvgIpc) is 3.18. The van der Waals surface area contributed by atoms with E-state index in [9.17, 15) is 9.59 Å². The van der Waals surface area contributed by atoms with Gasteiger partial charge in [-0.25, -0.2) is 9.79 Å². The van der Waals surface area contributed by atoms with Crippen LogP contribution in [0.25, 0.3) is 6.08 Å². The number of aliphatic imine (C=N–C) groups is 1. The molecule has 3 aromatic carbocycles. The van der Waals surface area contributed by atoms with Crippen LogP contribution in [0, 0.1) is 3.57 Å². The molecule has 35 heavy (non-hydrogen) atoms.